The van der Waals surface area contributed by atoms with Gasteiger partial charge in [0.1, 0.15) is 5.75 Å². The molecule has 0 heterocycles. The van der Waals surface area contributed by atoms with Crippen molar-refractivity contribution in [2.75, 3.05) is 0 Å². The molecular weight excluding hydrogens is 220 g/mol. The highest BCUT2D eigenvalue weighted by atomic mass is 16.3. The molecule has 5 heteroatoms. The summed E-state index contributed by atoms with van der Waals surface area (Å²) in [4.78, 5) is 21.9. The number of hydrazine groups is 1. The average molecular weight is 236 g/mol. The lowest BCUT2D eigenvalue weighted by molar-refractivity contribution is -0.116. The van der Waals surface area contributed by atoms with E-state index in [0.717, 1.165) is 24.8 Å². The number of phenolic OH excluding ortho intramolecular Hbond substituents is 1. The third-order valence-electron chi connectivity index (χ3n) is 2.46. The summed E-state index contributed by atoms with van der Waals surface area (Å²) in [5.41, 5.74) is 0.982. The predicted octanol–water partition coefficient (Wildman–Crippen LogP) is 1.21. The van der Waals surface area contributed by atoms with Crippen LogP contribution in [0.4, 0.5) is 0 Å². The molecule has 0 radical (unpaired) electrons. The van der Waals surface area contributed by atoms with Gasteiger partial charge in [0.15, 0.2) is 0 Å². The first-order valence-corrected chi connectivity index (χ1v) is 5.45. The molecule has 92 valence electrons. The molecule has 0 atom stereocenters. The molecule has 2 amide bonds. The maximum absolute atomic E-state index is 11.5. The summed E-state index contributed by atoms with van der Waals surface area (Å²) in [6, 6.07) is 4.76. The molecule has 0 unspecified atom stereocenters. The third kappa shape index (κ3) is 3.29. The van der Waals surface area contributed by atoms with E-state index in [1.807, 2.05) is 0 Å². The van der Waals surface area contributed by atoms with Gasteiger partial charge in [0.05, 0.1) is 5.56 Å². The largest absolute Gasteiger partial charge is 0.507 e. The number of carbonyl (C=O) groups is 2. The third-order valence-corrected chi connectivity index (χ3v) is 2.46. The molecule has 0 aliphatic carbocycles. The summed E-state index contributed by atoms with van der Waals surface area (Å²) >= 11 is 0. The van der Waals surface area contributed by atoms with Gasteiger partial charge in [-0.15, -0.1) is 0 Å². The number of nitrogens with zero attached hydrogens (tertiary/aromatic N) is 1. The lowest BCUT2D eigenvalue weighted by Gasteiger charge is -2.10. The van der Waals surface area contributed by atoms with Crippen LogP contribution in [-0.2, 0) is 11.2 Å². The number of imide groups is 1. The average Bonchev–Trinajstić information content (AvgIpc) is 2.34. The molecule has 17 heavy (non-hydrogen) atoms. The van der Waals surface area contributed by atoms with Crippen LogP contribution in [0.1, 0.15) is 35.7 Å². The summed E-state index contributed by atoms with van der Waals surface area (Å²) < 4.78 is 0. The van der Waals surface area contributed by atoms with Crippen LogP contribution >= 0.6 is 0 Å². The molecule has 1 aromatic rings. The zero-order valence-corrected chi connectivity index (χ0v) is 9.72. The van der Waals surface area contributed by atoms with Crippen molar-refractivity contribution < 1.29 is 14.7 Å². The van der Waals surface area contributed by atoms with Gasteiger partial charge in [0, 0.05) is 0 Å². The Morgan fingerprint density at radius 1 is 1.53 bits per heavy atom. The zero-order chi connectivity index (χ0) is 12.8. The van der Waals surface area contributed by atoms with Gasteiger partial charge in [-0.1, -0.05) is 19.4 Å². The number of unbranched alkanes of at least 4 members (excludes halogenated alkanes) is 1. The molecule has 0 spiro atoms. The molecule has 0 aliphatic heterocycles. The Kier molecular flexibility index (Phi) is 4.66. The highest BCUT2D eigenvalue weighted by molar-refractivity contribution is 6.01. The Morgan fingerprint density at radius 2 is 2.24 bits per heavy atom. The fourth-order valence-corrected chi connectivity index (χ4v) is 1.48. The minimum Gasteiger partial charge on any atom is -0.507 e. The quantitative estimate of drug-likeness (QED) is 0.348. The Labute approximate surface area is 99.8 Å². The van der Waals surface area contributed by atoms with E-state index in [1.165, 1.54) is 12.1 Å². The Morgan fingerprint density at radius 3 is 2.76 bits per heavy atom. The predicted molar refractivity (Wildman–Crippen MR) is 63.1 cm³/mol. The minimum absolute atomic E-state index is 0.0276. The van der Waals surface area contributed by atoms with Crippen LogP contribution in [0, 0.1) is 0 Å². The fourth-order valence-electron chi connectivity index (χ4n) is 1.48. The second-order valence-electron chi connectivity index (χ2n) is 3.77. The lowest BCUT2D eigenvalue weighted by atomic mass is 10.0. The zero-order valence-electron chi connectivity index (χ0n) is 9.72. The van der Waals surface area contributed by atoms with E-state index < -0.39 is 5.91 Å². The Hall–Kier alpha value is -1.88. The molecule has 1 aromatic carbocycles. The number of rotatable bonds is 5. The van der Waals surface area contributed by atoms with Crippen molar-refractivity contribution in [1.82, 2.24) is 5.01 Å². The topological polar surface area (TPSA) is 83.6 Å². The number of nitrogens with two attached hydrogens (primary N) is 1. The highest BCUT2D eigenvalue weighted by Gasteiger charge is 2.15. The van der Waals surface area contributed by atoms with Crippen LogP contribution in [0.5, 0.6) is 5.75 Å². The molecule has 0 aromatic heterocycles. The standard InChI is InChI=1S/C12H16N2O3/c1-2-3-4-9-5-6-10(11(16)7-9)12(17)14(13)8-15/h5-8,16H,2-4,13H2,1H3. The number of amides is 2. The van der Waals surface area contributed by atoms with E-state index >= 15 is 0 Å². The van der Waals surface area contributed by atoms with E-state index in [9.17, 15) is 14.7 Å². The van der Waals surface area contributed by atoms with Gasteiger partial charge in [-0.3, -0.25) is 9.59 Å². The maximum atomic E-state index is 11.5. The minimum atomic E-state index is -0.723. The van der Waals surface area contributed by atoms with Crippen molar-refractivity contribution in [3.8, 4) is 5.75 Å². The number of phenols is 1. The molecule has 3 N–H and O–H groups in total. The summed E-state index contributed by atoms with van der Waals surface area (Å²) in [5, 5.41) is 10.1. The first-order valence-electron chi connectivity index (χ1n) is 5.45. The molecule has 0 saturated heterocycles. The summed E-state index contributed by atoms with van der Waals surface area (Å²) in [6.07, 6.45) is 3.12. The van der Waals surface area contributed by atoms with Crippen molar-refractivity contribution in [2.45, 2.75) is 26.2 Å². The van der Waals surface area contributed by atoms with Crippen molar-refractivity contribution in [3.63, 3.8) is 0 Å². The summed E-state index contributed by atoms with van der Waals surface area (Å²) in [6.45, 7) is 2.08. The Balaban J connectivity index is 2.89. The van der Waals surface area contributed by atoms with E-state index in [4.69, 9.17) is 5.84 Å². The van der Waals surface area contributed by atoms with Crippen LogP contribution in [0.2, 0.25) is 0 Å². The van der Waals surface area contributed by atoms with Gasteiger partial charge in [0.25, 0.3) is 5.91 Å². The molecule has 0 saturated carbocycles. The fraction of sp³-hybridized carbons (Fsp3) is 0.333. The second-order valence-corrected chi connectivity index (χ2v) is 3.77. The molecule has 0 aliphatic rings. The highest BCUT2D eigenvalue weighted by Crippen LogP contribution is 2.20. The van der Waals surface area contributed by atoms with Gasteiger partial charge < -0.3 is 5.11 Å². The lowest BCUT2D eigenvalue weighted by Crippen LogP contribution is -2.35. The van der Waals surface area contributed by atoms with Crippen LogP contribution in [0.3, 0.4) is 0 Å². The van der Waals surface area contributed by atoms with Gasteiger partial charge in [0.2, 0.25) is 6.41 Å². The monoisotopic (exact) mass is 236 g/mol. The second kappa shape index (κ2) is 6.00. The van der Waals surface area contributed by atoms with Gasteiger partial charge in [-0.05, 0) is 30.5 Å². The first kappa shape index (κ1) is 13.2. The van der Waals surface area contributed by atoms with Crippen LogP contribution in [0.25, 0.3) is 0 Å². The SMILES string of the molecule is CCCCc1ccc(C(=O)N(N)C=O)c(O)c1. The number of aryl methyl sites for hydroxylation is 1. The van der Waals surface area contributed by atoms with Crippen LogP contribution in [0.15, 0.2) is 18.2 Å². The van der Waals surface area contributed by atoms with Crippen LogP contribution < -0.4 is 5.84 Å². The smallest absolute Gasteiger partial charge is 0.278 e. The normalized spacial score (nSPS) is 10.0. The van der Waals surface area contributed by atoms with Crippen molar-refractivity contribution >= 4 is 12.3 Å². The first-order chi connectivity index (χ1) is 8.10. The molecule has 0 bridgehead atoms. The summed E-state index contributed by atoms with van der Waals surface area (Å²) in [7, 11) is 0. The van der Waals surface area contributed by atoms with Crippen molar-refractivity contribution in [1.29, 1.82) is 0 Å². The number of benzene rings is 1. The van der Waals surface area contributed by atoms with Crippen molar-refractivity contribution in [2.24, 2.45) is 5.84 Å². The number of hydrogen-bond acceptors (Lipinski definition) is 4. The van der Waals surface area contributed by atoms with Crippen LogP contribution in [-0.4, -0.2) is 22.4 Å². The van der Waals surface area contributed by atoms with Crippen molar-refractivity contribution in [3.05, 3.63) is 29.3 Å². The maximum Gasteiger partial charge on any atom is 0.278 e. The van der Waals surface area contributed by atoms with Gasteiger partial charge >= 0.3 is 0 Å². The Bertz CT molecular complexity index is 418. The number of hydrogen-bond donors (Lipinski definition) is 2. The number of aromatic hydroxyl groups is 1. The molecule has 5 nitrogen and oxygen atoms in total. The van der Waals surface area contributed by atoms with Gasteiger partial charge in [-0.2, -0.15) is 0 Å². The molecule has 0 fully saturated rings. The number of carbonyl (C=O) groups excluding carboxylic acids is 2. The summed E-state index contributed by atoms with van der Waals surface area (Å²) in [5.74, 6) is 4.27. The van der Waals surface area contributed by atoms with E-state index in [1.54, 1.807) is 6.07 Å². The van der Waals surface area contributed by atoms with Gasteiger partial charge in [-0.25, -0.2) is 10.9 Å². The molecule has 1 rings (SSSR count). The van der Waals surface area contributed by atoms with E-state index in [0.29, 0.717) is 5.01 Å². The van der Waals surface area contributed by atoms with E-state index in [2.05, 4.69) is 6.92 Å². The van der Waals surface area contributed by atoms with E-state index in [-0.39, 0.29) is 17.7 Å². The molecular formula is C12H16N2O3.